The molecule has 2 aliphatic heterocycles. The van der Waals surface area contributed by atoms with Crippen molar-refractivity contribution >= 4 is 17.7 Å². The molecule has 1 saturated heterocycles. The van der Waals surface area contributed by atoms with Crippen LogP contribution in [0.5, 0.6) is 0 Å². The van der Waals surface area contributed by atoms with E-state index in [4.69, 9.17) is 11.0 Å². The van der Waals surface area contributed by atoms with Gasteiger partial charge < -0.3 is 4.90 Å². The zero-order valence-electron chi connectivity index (χ0n) is 15.5. The van der Waals surface area contributed by atoms with Gasteiger partial charge in [-0.25, -0.2) is 4.98 Å². The predicted octanol–water partition coefficient (Wildman–Crippen LogP) is 1.39. The molecule has 1 fully saturated rings. The lowest BCUT2D eigenvalue weighted by Crippen LogP contribution is -2.52. The van der Waals surface area contributed by atoms with Crippen LogP contribution in [0, 0.1) is 11.3 Å². The van der Waals surface area contributed by atoms with E-state index in [1.54, 1.807) is 24.3 Å². The summed E-state index contributed by atoms with van der Waals surface area (Å²) < 4.78 is 27.3. The number of carbonyl (C=O) groups is 3. The number of rotatable bonds is 3. The van der Waals surface area contributed by atoms with Gasteiger partial charge in [-0.3, -0.25) is 25.4 Å². The molecule has 0 aliphatic carbocycles. The summed E-state index contributed by atoms with van der Waals surface area (Å²) in [4.78, 5) is 41.5. The molecule has 30 heavy (non-hydrogen) atoms. The molecule has 152 valence electrons. The zero-order valence-corrected chi connectivity index (χ0v) is 15.5. The smallest absolute Gasteiger partial charge is 0.322 e. The van der Waals surface area contributed by atoms with Crippen LogP contribution < -0.4 is 11.1 Å². The number of imide groups is 1. The summed E-state index contributed by atoms with van der Waals surface area (Å²) in [5, 5.41) is 11.2. The van der Waals surface area contributed by atoms with Crippen molar-refractivity contribution in [3.63, 3.8) is 0 Å². The number of piperidine rings is 1. The number of nitrogens with one attached hydrogen (secondary N) is 1. The van der Waals surface area contributed by atoms with Crippen LogP contribution in [-0.4, -0.2) is 33.6 Å². The molecule has 1 aromatic heterocycles. The van der Waals surface area contributed by atoms with Crippen molar-refractivity contribution in [1.82, 2.24) is 15.2 Å². The molecule has 1 unspecified atom stereocenters. The van der Waals surface area contributed by atoms with Crippen LogP contribution in [0.3, 0.4) is 0 Å². The average Bonchev–Trinajstić information content (AvgIpc) is 3.02. The van der Waals surface area contributed by atoms with E-state index in [9.17, 15) is 23.2 Å². The van der Waals surface area contributed by atoms with Crippen molar-refractivity contribution in [3.05, 3.63) is 52.7 Å². The summed E-state index contributed by atoms with van der Waals surface area (Å²) in [7, 11) is 0. The normalized spacial score (nSPS) is 18.8. The van der Waals surface area contributed by atoms with Gasteiger partial charge in [0.2, 0.25) is 11.8 Å². The van der Waals surface area contributed by atoms with Crippen molar-refractivity contribution in [1.29, 1.82) is 5.26 Å². The second-order valence-electron chi connectivity index (χ2n) is 7.10. The first-order valence-electron chi connectivity index (χ1n) is 9.05. The fourth-order valence-electron chi connectivity index (χ4n) is 3.70. The summed E-state index contributed by atoms with van der Waals surface area (Å²) >= 11 is 0. The molecule has 2 aromatic rings. The molecule has 0 spiro atoms. The lowest BCUT2D eigenvalue weighted by molar-refractivity contribution is -0.136. The van der Waals surface area contributed by atoms with E-state index in [1.165, 1.54) is 17.0 Å². The van der Waals surface area contributed by atoms with Crippen molar-refractivity contribution in [3.8, 4) is 17.3 Å². The fraction of sp³-hybridized carbons (Fsp3) is 0.250. The number of nitrogens with two attached hydrogens (primary N) is 1. The number of hydrogen-bond acceptors (Lipinski definition) is 6. The second-order valence-corrected chi connectivity index (χ2v) is 7.10. The van der Waals surface area contributed by atoms with Crippen LogP contribution >= 0.6 is 0 Å². The Morgan fingerprint density at radius 2 is 2.00 bits per heavy atom. The number of nitriles is 1. The molecule has 1 aromatic carbocycles. The van der Waals surface area contributed by atoms with E-state index in [0.717, 1.165) is 0 Å². The topological polar surface area (TPSA) is 129 Å². The molecule has 0 radical (unpaired) electrons. The van der Waals surface area contributed by atoms with Gasteiger partial charge in [0.25, 0.3) is 5.91 Å². The molecule has 3 N–H and O–H groups in total. The maximum Gasteiger partial charge on any atom is 0.344 e. The highest BCUT2D eigenvalue weighted by Crippen LogP contribution is 2.32. The molecule has 3 heterocycles. The van der Waals surface area contributed by atoms with Crippen LogP contribution in [-0.2, 0) is 22.2 Å². The SMILES string of the molecule is N#Cc1ccc(-c2ccc3c(c2)CN(C2CCC(=O)NC2=O)C3=O)nc1C(N)(F)F. The van der Waals surface area contributed by atoms with Gasteiger partial charge in [-0.1, -0.05) is 6.07 Å². The van der Waals surface area contributed by atoms with Crippen LogP contribution in [0.4, 0.5) is 8.78 Å². The van der Waals surface area contributed by atoms with Crippen molar-refractivity contribution in [2.24, 2.45) is 5.73 Å². The zero-order chi connectivity index (χ0) is 21.6. The monoisotopic (exact) mass is 411 g/mol. The Balaban J connectivity index is 1.66. The molecule has 1 atom stereocenters. The van der Waals surface area contributed by atoms with Crippen LogP contribution in [0.1, 0.15) is 40.0 Å². The fourth-order valence-corrected chi connectivity index (χ4v) is 3.70. The summed E-state index contributed by atoms with van der Waals surface area (Å²) in [6, 6.07) is 4.47. The van der Waals surface area contributed by atoms with Gasteiger partial charge in [-0.15, -0.1) is 0 Å². The van der Waals surface area contributed by atoms with Gasteiger partial charge >= 0.3 is 6.05 Å². The van der Waals surface area contributed by atoms with Crippen LogP contribution in [0.15, 0.2) is 30.3 Å². The van der Waals surface area contributed by atoms with E-state index in [0.29, 0.717) is 16.7 Å². The highest BCUT2D eigenvalue weighted by Gasteiger charge is 2.39. The number of halogens is 2. The Labute approximate surface area is 169 Å². The summed E-state index contributed by atoms with van der Waals surface area (Å²) in [5.74, 6) is -1.23. The lowest BCUT2D eigenvalue weighted by atomic mass is 10.0. The molecule has 0 bridgehead atoms. The number of hydrogen-bond donors (Lipinski definition) is 2. The average molecular weight is 411 g/mol. The highest BCUT2D eigenvalue weighted by atomic mass is 19.3. The number of alkyl halides is 2. The number of amides is 3. The molecular formula is C20H15F2N5O3. The van der Waals surface area contributed by atoms with Gasteiger partial charge in [-0.2, -0.15) is 14.0 Å². The van der Waals surface area contributed by atoms with Crippen molar-refractivity contribution < 1.29 is 23.2 Å². The van der Waals surface area contributed by atoms with Gasteiger partial charge in [0.15, 0.2) is 0 Å². The number of aromatic nitrogens is 1. The minimum absolute atomic E-state index is 0.143. The Morgan fingerprint density at radius 3 is 2.67 bits per heavy atom. The lowest BCUT2D eigenvalue weighted by Gasteiger charge is -2.29. The minimum atomic E-state index is -3.78. The van der Waals surface area contributed by atoms with E-state index < -0.39 is 23.7 Å². The number of fused-ring (bicyclic) bond motifs is 1. The molecule has 10 heteroatoms. The Kier molecular flexibility index (Phi) is 4.55. The number of carbonyl (C=O) groups excluding carboxylic acids is 3. The molecular weight excluding hydrogens is 396 g/mol. The quantitative estimate of drug-likeness (QED) is 0.580. The Hall–Kier alpha value is -3.71. The molecule has 0 saturated carbocycles. The molecule has 4 rings (SSSR count). The van der Waals surface area contributed by atoms with Crippen LogP contribution in [0.25, 0.3) is 11.3 Å². The van der Waals surface area contributed by atoms with E-state index in [2.05, 4.69) is 10.3 Å². The van der Waals surface area contributed by atoms with Gasteiger partial charge in [0.05, 0.1) is 11.3 Å². The minimum Gasteiger partial charge on any atom is -0.322 e. The summed E-state index contributed by atoms with van der Waals surface area (Å²) in [5.41, 5.74) is 5.32. The van der Waals surface area contributed by atoms with Gasteiger partial charge in [0.1, 0.15) is 17.8 Å². The first kappa shape index (κ1) is 19.6. The first-order valence-corrected chi connectivity index (χ1v) is 9.05. The number of pyridine rings is 1. The van der Waals surface area contributed by atoms with Crippen LogP contribution in [0.2, 0.25) is 0 Å². The second kappa shape index (κ2) is 6.96. The number of benzene rings is 1. The van der Waals surface area contributed by atoms with E-state index in [1.807, 2.05) is 0 Å². The van der Waals surface area contributed by atoms with Crippen molar-refractivity contribution in [2.45, 2.75) is 31.5 Å². The molecule has 8 nitrogen and oxygen atoms in total. The van der Waals surface area contributed by atoms with E-state index in [-0.39, 0.29) is 42.5 Å². The molecule has 3 amide bonds. The Morgan fingerprint density at radius 1 is 1.23 bits per heavy atom. The largest absolute Gasteiger partial charge is 0.344 e. The summed E-state index contributed by atoms with van der Waals surface area (Å²) in [6.45, 7) is 0.143. The molecule has 2 aliphatic rings. The maximum atomic E-state index is 13.6. The third-order valence-electron chi connectivity index (χ3n) is 5.15. The van der Waals surface area contributed by atoms with Gasteiger partial charge in [-0.05, 0) is 36.2 Å². The highest BCUT2D eigenvalue weighted by molar-refractivity contribution is 6.05. The summed E-state index contributed by atoms with van der Waals surface area (Å²) in [6.07, 6.45) is 0.385. The number of nitrogens with zero attached hydrogens (tertiary/aromatic N) is 3. The third-order valence-corrected chi connectivity index (χ3v) is 5.15. The van der Waals surface area contributed by atoms with Crippen molar-refractivity contribution in [2.75, 3.05) is 0 Å². The third kappa shape index (κ3) is 3.29. The standard InChI is InChI=1S/C20H15F2N5O3/c21-20(22,24)17-11(8-23)2-4-14(25-17)10-1-3-13-12(7-10)9-27(19(13)30)15-5-6-16(28)26-18(15)29/h1-4,7,15H,5-6,9,24H2,(H,26,28,29). The maximum absolute atomic E-state index is 13.6. The first-order chi connectivity index (χ1) is 14.2. The van der Waals surface area contributed by atoms with E-state index >= 15 is 0 Å². The van der Waals surface area contributed by atoms with Gasteiger partial charge in [0, 0.05) is 24.1 Å². The predicted molar refractivity (Wildman–Crippen MR) is 98.5 cm³/mol. The Bertz CT molecular complexity index is 1140.